The first-order valence-corrected chi connectivity index (χ1v) is 7.73. The van der Waals surface area contributed by atoms with Crippen molar-refractivity contribution in [3.8, 4) is 0 Å². The number of rotatable bonds is 3. The maximum Gasteiger partial charge on any atom is 0.263 e. The minimum atomic E-state index is -3.77. The lowest BCUT2D eigenvalue weighted by molar-refractivity contribution is 0.601. The highest BCUT2D eigenvalue weighted by Gasteiger charge is 2.18. The lowest BCUT2D eigenvalue weighted by Gasteiger charge is -2.11. The van der Waals surface area contributed by atoms with E-state index in [1.807, 2.05) is 0 Å². The Bertz CT molecular complexity index is 722. The van der Waals surface area contributed by atoms with Crippen molar-refractivity contribution >= 4 is 48.9 Å². The second-order valence-corrected chi connectivity index (χ2v) is 6.58. The second kappa shape index (κ2) is 5.36. The van der Waals surface area contributed by atoms with E-state index < -0.39 is 10.0 Å². The molecule has 0 amide bonds. The molecule has 0 bridgehead atoms. The molecule has 0 saturated carbocycles. The van der Waals surface area contributed by atoms with Gasteiger partial charge in [-0.2, -0.15) is 0 Å². The molecule has 0 spiro atoms. The van der Waals surface area contributed by atoms with Gasteiger partial charge in [0, 0.05) is 17.4 Å². The smallest absolute Gasteiger partial charge is 0.263 e. The number of nitrogens with one attached hydrogen (secondary N) is 1. The highest BCUT2D eigenvalue weighted by atomic mass is 79.9. The van der Waals surface area contributed by atoms with E-state index in [4.69, 9.17) is 17.3 Å². The van der Waals surface area contributed by atoms with E-state index >= 15 is 0 Å². The normalized spacial score (nSPS) is 11.3. The van der Waals surface area contributed by atoms with Gasteiger partial charge >= 0.3 is 0 Å². The Kier molecular flexibility index (Phi) is 3.98. The van der Waals surface area contributed by atoms with E-state index in [9.17, 15) is 8.42 Å². The molecule has 0 aliphatic rings. The van der Waals surface area contributed by atoms with Crippen LogP contribution in [-0.2, 0) is 10.0 Å². The topological polar surface area (TPSA) is 85.1 Å². The number of hydrogen-bond acceptors (Lipinski definition) is 4. The minimum absolute atomic E-state index is 0.0272. The molecule has 0 unspecified atom stereocenters. The quantitative estimate of drug-likeness (QED) is 0.822. The third-order valence-corrected chi connectivity index (χ3v) is 4.58. The predicted octanol–water partition coefficient (Wildman–Crippen LogP) is 2.88. The Morgan fingerprint density at radius 2 is 2.05 bits per heavy atom. The predicted molar refractivity (Wildman–Crippen MR) is 78.6 cm³/mol. The fraction of sp³-hybridized carbons (Fsp3) is 0. The Morgan fingerprint density at radius 3 is 2.68 bits per heavy atom. The van der Waals surface area contributed by atoms with Gasteiger partial charge < -0.3 is 5.73 Å². The van der Waals surface area contributed by atoms with Gasteiger partial charge in [0.1, 0.15) is 4.90 Å². The van der Waals surface area contributed by atoms with Crippen molar-refractivity contribution in [3.63, 3.8) is 0 Å². The van der Waals surface area contributed by atoms with Crippen molar-refractivity contribution in [2.45, 2.75) is 4.90 Å². The van der Waals surface area contributed by atoms with Gasteiger partial charge in [0.2, 0.25) is 0 Å². The van der Waals surface area contributed by atoms with Crippen molar-refractivity contribution in [1.29, 1.82) is 0 Å². The summed E-state index contributed by atoms with van der Waals surface area (Å²) >= 11 is 8.95. The number of halogens is 2. The number of pyridine rings is 1. The van der Waals surface area contributed by atoms with Crippen LogP contribution in [0.25, 0.3) is 0 Å². The zero-order chi connectivity index (χ0) is 14.0. The van der Waals surface area contributed by atoms with Crippen LogP contribution in [0.15, 0.2) is 46.0 Å². The van der Waals surface area contributed by atoms with Crippen LogP contribution in [0.3, 0.4) is 0 Å². The molecule has 19 heavy (non-hydrogen) atoms. The summed E-state index contributed by atoms with van der Waals surface area (Å²) in [4.78, 5) is 3.83. The summed E-state index contributed by atoms with van der Waals surface area (Å²) in [6.45, 7) is 0. The highest BCUT2D eigenvalue weighted by molar-refractivity contribution is 9.10. The molecular weight excluding hydrogens is 354 g/mol. The fourth-order valence-electron chi connectivity index (χ4n) is 1.42. The monoisotopic (exact) mass is 361 g/mol. The standard InChI is InChI=1S/C11H9BrClN3O2S/c12-8-6-15-4-3-10(8)16-19(17,18)11-2-1-7(13)5-9(11)14/h1-6H,14H2,(H,15,16). The van der Waals surface area contributed by atoms with Gasteiger partial charge in [0.25, 0.3) is 10.0 Å². The summed E-state index contributed by atoms with van der Waals surface area (Å²) in [5.74, 6) is 0. The Labute approximate surface area is 124 Å². The molecule has 1 heterocycles. The fourth-order valence-corrected chi connectivity index (χ4v) is 3.28. The summed E-state index contributed by atoms with van der Waals surface area (Å²) in [5.41, 5.74) is 6.14. The first-order chi connectivity index (χ1) is 8.90. The van der Waals surface area contributed by atoms with Crippen LogP contribution >= 0.6 is 27.5 Å². The maximum atomic E-state index is 12.2. The van der Waals surface area contributed by atoms with Crippen molar-refractivity contribution in [2.75, 3.05) is 10.5 Å². The van der Waals surface area contributed by atoms with Crippen molar-refractivity contribution in [1.82, 2.24) is 4.98 Å². The molecule has 0 aliphatic carbocycles. The molecule has 3 N–H and O–H groups in total. The summed E-state index contributed by atoms with van der Waals surface area (Å²) in [6, 6.07) is 5.74. The Morgan fingerprint density at radius 1 is 1.32 bits per heavy atom. The molecular formula is C11H9BrClN3O2S. The highest BCUT2D eigenvalue weighted by Crippen LogP contribution is 2.27. The first kappa shape index (κ1) is 14.1. The molecule has 8 heteroatoms. The van der Waals surface area contributed by atoms with E-state index in [0.29, 0.717) is 15.2 Å². The first-order valence-electron chi connectivity index (χ1n) is 5.07. The number of benzene rings is 1. The minimum Gasteiger partial charge on any atom is -0.398 e. The number of hydrogen-bond donors (Lipinski definition) is 2. The summed E-state index contributed by atoms with van der Waals surface area (Å²) in [6.07, 6.45) is 2.97. The third-order valence-electron chi connectivity index (χ3n) is 2.28. The van der Waals surface area contributed by atoms with Crippen LogP contribution in [0.2, 0.25) is 5.02 Å². The number of nitrogen functional groups attached to an aromatic ring is 1. The number of aromatic nitrogens is 1. The summed E-state index contributed by atoms with van der Waals surface area (Å²) in [5, 5.41) is 0.376. The number of nitrogens with zero attached hydrogens (tertiary/aromatic N) is 1. The molecule has 0 aliphatic heterocycles. The van der Waals surface area contributed by atoms with Crippen LogP contribution in [-0.4, -0.2) is 13.4 Å². The molecule has 2 rings (SSSR count). The van der Waals surface area contributed by atoms with E-state index in [2.05, 4.69) is 25.6 Å². The number of nitrogens with two attached hydrogens (primary N) is 1. The van der Waals surface area contributed by atoms with Crippen LogP contribution in [0.4, 0.5) is 11.4 Å². The SMILES string of the molecule is Nc1cc(Cl)ccc1S(=O)(=O)Nc1ccncc1Br. The summed E-state index contributed by atoms with van der Waals surface area (Å²) < 4.78 is 27.4. The zero-order valence-electron chi connectivity index (χ0n) is 9.47. The Balaban J connectivity index is 2.41. The van der Waals surface area contributed by atoms with Gasteiger partial charge in [0.15, 0.2) is 0 Å². The van der Waals surface area contributed by atoms with Crippen molar-refractivity contribution in [3.05, 3.63) is 46.2 Å². The largest absolute Gasteiger partial charge is 0.398 e. The van der Waals surface area contributed by atoms with Crippen LogP contribution in [0.5, 0.6) is 0 Å². The molecule has 100 valence electrons. The lowest BCUT2D eigenvalue weighted by Crippen LogP contribution is -2.15. The van der Waals surface area contributed by atoms with E-state index in [0.717, 1.165) is 0 Å². The molecule has 1 aromatic carbocycles. The van der Waals surface area contributed by atoms with Gasteiger partial charge in [-0.15, -0.1) is 0 Å². The van der Waals surface area contributed by atoms with Gasteiger partial charge in [-0.25, -0.2) is 8.42 Å². The van der Waals surface area contributed by atoms with Crippen LogP contribution < -0.4 is 10.5 Å². The summed E-state index contributed by atoms with van der Waals surface area (Å²) in [7, 11) is -3.77. The molecule has 0 fully saturated rings. The molecule has 0 atom stereocenters. The van der Waals surface area contributed by atoms with Gasteiger partial charge in [-0.1, -0.05) is 11.6 Å². The van der Waals surface area contributed by atoms with Crippen LogP contribution in [0.1, 0.15) is 0 Å². The number of sulfonamides is 1. The molecule has 2 aromatic rings. The van der Waals surface area contributed by atoms with E-state index in [1.165, 1.54) is 36.7 Å². The molecule has 5 nitrogen and oxygen atoms in total. The second-order valence-electron chi connectivity index (χ2n) is 3.64. The zero-order valence-corrected chi connectivity index (χ0v) is 12.6. The lowest BCUT2D eigenvalue weighted by atomic mass is 10.3. The van der Waals surface area contributed by atoms with Gasteiger partial charge in [0.05, 0.1) is 15.8 Å². The average Bonchev–Trinajstić information content (AvgIpc) is 2.31. The van der Waals surface area contributed by atoms with Crippen molar-refractivity contribution in [2.24, 2.45) is 0 Å². The van der Waals surface area contributed by atoms with E-state index in [-0.39, 0.29) is 10.6 Å². The number of anilines is 2. The van der Waals surface area contributed by atoms with Crippen molar-refractivity contribution < 1.29 is 8.42 Å². The van der Waals surface area contributed by atoms with Gasteiger partial charge in [-0.3, -0.25) is 9.71 Å². The van der Waals surface area contributed by atoms with E-state index in [1.54, 1.807) is 0 Å². The third kappa shape index (κ3) is 3.17. The molecule has 1 aromatic heterocycles. The van der Waals surface area contributed by atoms with Gasteiger partial charge in [-0.05, 0) is 40.2 Å². The average molecular weight is 363 g/mol. The Hall–Kier alpha value is -1.31. The van der Waals surface area contributed by atoms with Crippen LogP contribution in [0, 0.1) is 0 Å². The molecule has 0 radical (unpaired) electrons. The molecule has 0 saturated heterocycles. The maximum absolute atomic E-state index is 12.2.